The van der Waals surface area contributed by atoms with Crippen molar-refractivity contribution >= 4 is 44.6 Å². The van der Waals surface area contributed by atoms with Crippen LogP contribution in [0, 0.1) is 10.1 Å². The van der Waals surface area contributed by atoms with Crippen LogP contribution in [0.3, 0.4) is 0 Å². The van der Waals surface area contributed by atoms with Crippen LogP contribution in [0.1, 0.15) is 6.92 Å². The van der Waals surface area contributed by atoms with Crippen molar-refractivity contribution in [2.45, 2.75) is 13.0 Å². The number of anilines is 2. The largest absolute Gasteiger partial charge is 0.324 e. The zero-order valence-corrected chi connectivity index (χ0v) is 15.5. The Morgan fingerprint density at radius 3 is 2.46 bits per heavy atom. The van der Waals surface area contributed by atoms with Gasteiger partial charge in [0.05, 0.1) is 16.9 Å². The Bertz CT molecular complexity index is 948. The molecular weight excluding hydrogens is 382 g/mol. The van der Waals surface area contributed by atoms with Crippen LogP contribution in [0.15, 0.2) is 48.5 Å². The number of sulfonamides is 1. The van der Waals surface area contributed by atoms with Crippen molar-refractivity contribution in [2.24, 2.45) is 0 Å². The minimum Gasteiger partial charge on any atom is -0.324 e. The number of halogens is 1. The molecule has 0 aliphatic carbocycles. The summed E-state index contributed by atoms with van der Waals surface area (Å²) in [6, 6.07) is 10.4. The fourth-order valence-corrected chi connectivity index (χ4v) is 3.72. The maximum absolute atomic E-state index is 12.5. The maximum atomic E-state index is 12.5. The van der Waals surface area contributed by atoms with Gasteiger partial charge in [-0.3, -0.25) is 19.2 Å². The lowest BCUT2D eigenvalue weighted by molar-refractivity contribution is -0.384. The van der Waals surface area contributed by atoms with E-state index in [1.165, 1.54) is 43.3 Å². The summed E-state index contributed by atoms with van der Waals surface area (Å²) in [5.74, 6) is -0.643. The summed E-state index contributed by atoms with van der Waals surface area (Å²) in [4.78, 5) is 22.8. The molecule has 0 bridgehead atoms. The zero-order valence-electron chi connectivity index (χ0n) is 13.9. The third-order valence-corrected chi connectivity index (χ3v) is 4.95. The molecule has 8 nitrogen and oxygen atoms in total. The second kappa shape index (κ2) is 7.71. The average Bonchev–Trinajstić information content (AvgIpc) is 2.53. The third-order valence-electron chi connectivity index (χ3n) is 3.48. The van der Waals surface area contributed by atoms with Gasteiger partial charge in [0.25, 0.3) is 5.69 Å². The Morgan fingerprint density at radius 2 is 1.88 bits per heavy atom. The van der Waals surface area contributed by atoms with Crippen molar-refractivity contribution in [1.82, 2.24) is 0 Å². The van der Waals surface area contributed by atoms with E-state index in [9.17, 15) is 23.3 Å². The third kappa shape index (κ3) is 4.70. The number of rotatable bonds is 6. The Balaban J connectivity index is 2.31. The van der Waals surface area contributed by atoms with Crippen molar-refractivity contribution in [3.63, 3.8) is 0 Å². The van der Waals surface area contributed by atoms with Gasteiger partial charge in [0.2, 0.25) is 15.9 Å². The van der Waals surface area contributed by atoms with Crippen LogP contribution in [-0.4, -0.2) is 31.5 Å². The molecule has 0 saturated heterocycles. The number of hydrogen-bond donors (Lipinski definition) is 1. The van der Waals surface area contributed by atoms with E-state index in [1.54, 1.807) is 12.1 Å². The van der Waals surface area contributed by atoms with E-state index < -0.39 is 26.9 Å². The number of nitrogens with zero attached hydrogens (tertiary/aromatic N) is 2. The van der Waals surface area contributed by atoms with Crippen LogP contribution in [0.4, 0.5) is 17.1 Å². The van der Waals surface area contributed by atoms with Crippen LogP contribution in [-0.2, 0) is 14.8 Å². The first kappa shape index (κ1) is 19.7. The summed E-state index contributed by atoms with van der Waals surface area (Å²) in [5, 5.41) is 13.6. The molecule has 1 atom stereocenters. The molecule has 1 amide bonds. The highest BCUT2D eigenvalue weighted by molar-refractivity contribution is 7.92. The summed E-state index contributed by atoms with van der Waals surface area (Å²) in [6.45, 7) is 1.41. The van der Waals surface area contributed by atoms with Gasteiger partial charge in [0.1, 0.15) is 6.04 Å². The number of hydrogen-bond acceptors (Lipinski definition) is 5. The fourth-order valence-electron chi connectivity index (χ4n) is 2.37. The van der Waals surface area contributed by atoms with Gasteiger partial charge in [-0.2, -0.15) is 0 Å². The molecule has 0 spiro atoms. The molecule has 1 N–H and O–H groups in total. The number of non-ortho nitro benzene ring substituents is 1. The predicted molar refractivity (Wildman–Crippen MR) is 100.0 cm³/mol. The lowest BCUT2D eigenvalue weighted by Gasteiger charge is -2.28. The summed E-state index contributed by atoms with van der Waals surface area (Å²) in [5.41, 5.74) is 0.238. The molecule has 2 aromatic carbocycles. The molecular formula is C16H16ClN3O5S. The van der Waals surface area contributed by atoms with Crippen molar-refractivity contribution in [3.8, 4) is 0 Å². The molecule has 2 aromatic rings. The van der Waals surface area contributed by atoms with E-state index in [0.29, 0.717) is 5.02 Å². The van der Waals surface area contributed by atoms with Crippen LogP contribution in [0.5, 0.6) is 0 Å². The van der Waals surface area contributed by atoms with E-state index in [1.807, 2.05) is 0 Å². The molecule has 10 heteroatoms. The molecule has 2 rings (SSSR count). The number of nitro benzene ring substituents is 1. The highest BCUT2D eigenvalue weighted by atomic mass is 35.5. The van der Waals surface area contributed by atoms with E-state index in [4.69, 9.17) is 11.6 Å². The highest BCUT2D eigenvalue weighted by Gasteiger charge is 2.29. The summed E-state index contributed by atoms with van der Waals surface area (Å²) < 4.78 is 25.3. The SMILES string of the molecule is CC(C(=O)Nc1cccc([N+](=O)[O-])c1)N(c1cccc(Cl)c1)S(C)(=O)=O. The summed E-state index contributed by atoms with van der Waals surface area (Å²) in [7, 11) is -3.79. The molecule has 0 heterocycles. The second-order valence-corrected chi connectivity index (χ2v) is 7.81. The van der Waals surface area contributed by atoms with E-state index in [-0.39, 0.29) is 17.1 Å². The van der Waals surface area contributed by atoms with Gasteiger partial charge in [-0.05, 0) is 31.2 Å². The van der Waals surface area contributed by atoms with Crippen LogP contribution < -0.4 is 9.62 Å². The molecule has 0 aliphatic heterocycles. The zero-order chi connectivity index (χ0) is 19.5. The van der Waals surface area contributed by atoms with Gasteiger partial charge in [-0.25, -0.2) is 8.42 Å². The number of amides is 1. The number of nitrogens with one attached hydrogen (secondary N) is 1. The Kier molecular flexibility index (Phi) is 5.83. The van der Waals surface area contributed by atoms with Crippen LogP contribution in [0.25, 0.3) is 0 Å². The highest BCUT2D eigenvalue weighted by Crippen LogP contribution is 2.25. The monoisotopic (exact) mass is 397 g/mol. The first-order valence-corrected chi connectivity index (χ1v) is 9.62. The average molecular weight is 398 g/mol. The Morgan fingerprint density at radius 1 is 1.23 bits per heavy atom. The van der Waals surface area contributed by atoms with Gasteiger partial charge in [0.15, 0.2) is 0 Å². The molecule has 138 valence electrons. The van der Waals surface area contributed by atoms with E-state index >= 15 is 0 Å². The van der Waals surface area contributed by atoms with E-state index in [0.717, 1.165) is 10.6 Å². The molecule has 0 saturated carbocycles. The molecule has 1 unspecified atom stereocenters. The fraction of sp³-hybridized carbons (Fsp3) is 0.188. The summed E-state index contributed by atoms with van der Waals surface area (Å²) >= 11 is 5.91. The van der Waals surface area contributed by atoms with Gasteiger partial charge < -0.3 is 5.32 Å². The topological polar surface area (TPSA) is 110 Å². The standard InChI is InChI=1S/C16H16ClN3O5S/c1-11(16(21)18-13-6-4-8-15(10-13)20(22)23)19(26(2,24)25)14-7-3-5-12(17)9-14/h3-11H,1-2H3,(H,18,21). The number of benzene rings is 2. The Labute approximate surface area is 155 Å². The molecule has 0 aliphatic rings. The lowest BCUT2D eigenvalue weighted by Crippen LogP contribution is -2.45. The van der Waals surface area contributed by atoms with Crippen molar-refractivity contribution in [1.29, 1.82) is 0 Å². The van der Waals surface area contributed by atoms with Crippen molar-refractivity contribution in [3.05, 3.63) is 63.7 Å². The second-order valence-electron chi connectivity index (χ2n) is 5.51. The van der Waals surface area contributed by atoms with Crippen LogP contribution >= 0.6 is 11.6 Å². The number of carbonyl (C=O) groups excluding carboxylic acids is 1. The minimum absolute atomic E-state index is 0.190. The molecule has 0 radical (unpaired) electrons. The molecule has 26 heavy (non-hydrogen) atoms. The first-order chi connectivity index (χ1) is 12.1. The molecule has 0 aromatic heterocycles. The maximum Gasteiger partial charge on any atom is 0.271 e. The number of nitro groups is 1. The van der Waals surface area contributed by atoms with Gasteiger partial charge in [0, 0.05) is 22.8 Å². The lowest BCUT2D eigenvalue weighted by atomic mass is 10.2. The Hall–Kier alpha value is -2.65. The van der Waals surface area contributed by atoms with E-state index in [2.05, 4.69) is 5.32 Å². The van der Waals surface area contributed by atoms with Crippen molar-refractivity contribution < 1.29 is 18.1 Å². The summed E-state index contributed by atoms with van der Waals surface area (Å²) in [6.07, 6.45) is 0.977. The normalized spacial score (nSPS) is 12.3. The first-order valence-electron chi connectivity index (χ1n) is 7.40. The van der Waals surface area contributed by atoms with Crippen molar-refractivity contribution in [2.75, 3.05) is 15.9 Å². The van der Waals surface area contributed by atoms with Gasteiger partial charge >= 0.3 is 0 Å². The minimum atomic E-state index is -3.79. The predicted octanol–water partition coefficient (Wildman–Crippen LogP) is 3.04. The molecule has 0 fully saturated rings. The van der Waals surface area contributed by atoms with Gasteiger partial charge in [-0.15, -0.1) is 0 Å². The quantitative estimate of drug-likeness (QED) is 0.595. The van der Waals surface area contributed by atoms with Gasteiger partial charge in [-0.1, -0.05) is 23.7 Å². The number of carbonyl (C=O) groups is 1. The smallest absolute Gasteiger partial charge is 0.271 e. The van der Waals surface area contributed by atoms with Crippen LogP contribution in [0.2, 0.25) is 5.02 Å².